The van der Waals surface area contributed by atoms with Gasteiger partial charge >= 0.3 is 18.1 Å². The van der Waals surface area contributed by atoms with Crippen LogP contribution in [0.5, 0.6) is 0 Å². The molecule has 0 aliphatic heterocycles. The minimum atomic E-state index is -5.04. The van der Waals surface area contributed by atoms with Crippen LogP contribution >= 0.6 is 22.6 Å². The third-order valence-corrected chi connectivity index (χ3v) is 5.73. The Hall–Kier alpha value is -0.800. The normalized spacial score (nSPS) is 12.8. The number of alkyl halides is 4. The van der Waals surface area contributed by atoms with Crippen molar-refractivity contribution in [2.75, 3.05) is 11.0 Å². The summed E-state index contributed by atoms with van der Waals surface area (Å²) in [4.78, 5) is 22.5. The second-order valence-corrected chi connectivity index (χ2v) is 8.58. The van der Waals surface area contributed by atoms with Crippen molar-refractivity contribution in [1.82, 2.24) is 0 Å². The molecule has 0 heterocycles. The van der Waals surface area contributed by atoms with E-state index < -0.39 is 24.2 Å². The first-order valence-electron chi connectivity index (χ1n) is 11.5. The van der Waals surface area contributed by atoms with Crippen molar-refractivity contribution in [3.05, 3.63) is 12.2 Å². The van der Waals surface area contributed by atoms with Gasteiger partial charge in [-0.3, -0.25) is 4.79 Å². The van der Waals surface area contributed by atoms with Crippen LogP contribution in [0, 0.1) is 0 Å². The topological polar surface area (TPSA) is 52.6 Å². The monoisotopic (exact) mass is 562 g/mol. The van der Waals surface area contributed by atoms with Crippen molar-refractivity contribution in [2.45, 2.75) is 109 Å². The molecule has 0 spiro atoms. The molecule has 0 saturated carbocycles. The summed E-state index contributed by atoms with van der Waals surface area (Å²) < 4.78 is 45.9. The lowest BCUT2D eigenvalue weighted by atomic mass is 10.1. The number of halogens is 4. The van der Waals surface area contributed by atoms with E-state index in [9.17, 15) is 22.8 Å². The van der Waals surface area contributed by atoms with Crippen LogP contribution in [0.3, 0.4) is 0 Å². The molecule has 31 heavy (non-hydrogen) atoms. The van der Waals surface area contributed by atoms with Crippen molar-refractivity contribution in [2.24, 2.45) is 0 Å². The molecule has 182 valence electrons. The lowest BCUT2D eigenvalue weighted by Crippen LogP contribution is -2.33. The highest BCUT2D eigenvalue weighted by molar-refractivity contribution is 14.1. The van der Waals surface area contributed by atoms with Crippen molar-refractivity contribution in [1.29, 1.82) is 0 Å². The van der Waals surface area contributed by atoms with Gasteiger partial charge in [0.25, 0.3) is 0 Å². The van der Waals surface area contributed by atoms with E-state index in [0.717, 1.165) is 32.1 Å². The molecule has 4 nitrogen and oxygen atoms in total. The molecule has 0 amide bonds. The van der Waals surface area contributed by atoms with Gasteiger partial charge in [0, 0.05) is 10.8 Å². The van der Waals surface area contributed by atoms with Gasteiger partial charge in [0.05, 0.1) is 0 Å². The summed E-state index contributed by atoms with van der Waals surface area (Å²) in [5.41, 5.74) is 0. The van der Waals surface area contributed by atoms with E-state index in [1.807, 2.05) is 0 Å². The van der Waals surface area contributed by atoms with Gasteiger partial charge in [-0.25, -0.2) is 4.79 Å². The van der Waals surface area contributed by atoms with Gasteiger partial charge in [-0.2, -0.15) is 13.2 Å². The molecule has 0 aliphatic carbocycles. The fraction of sp³-hybridized carbons (Fsp3) is 0.826. The van der Waals surface area contributed by atoms with E-state index in [1.54, 1.807) is 22.6 Å². The third-order valence-electron chi connectivity index (χ3n) is 4.75. The Bertz CT molecular complexity index is 496. The van der Waals surface area contributed by atoms with Crippen LogP contribution in [0.1, 0.15) is 96.8 Å². The lowest BCUT2D eigenvalue weighted by molar-refractivity contribution is -0.205. The maximum absolute atomic E-state index is 12.2. The van der Waals surface area contributed by atoms with Gasteiger partial charge in [0.2, 0.25) is 0 Å². The van der Waals surface area contributed by atoms with E-state index >= 15 is 0 Å². The summed E-state index contributed by atoms with van der Waals surface area (Å²) in [7, 11) is 0. The first-order chi connectivity index (χ1) is 14.8. The highest BCUT2D eigenvalue weighted by Gasteiger charge is 2.42. The quantitative estimate of drug-likeness (QED) is 0.0539. The molecular weight excluding hydrogens is 524 g/mol. The molecule has 0 saturated heterocycles. The van der Waals surface area contributed by atoms with Crippen LogP contribution in [-0.4, -0.2) is 35.3 Å². The summed E-state index contributed by atoms with van der Waals surface area (Å²) in [6, 6.07) is 0. The Morgan fingerprint density at radius 3 is 1.90 bits per heavy atom. The van der Waals surface area contributed by atoms with Gasteiger partial charge in [0.15, 0.2) is 0 Å². The number of ether oxygens (including phenoxy) is 2. The molecule has 0 bridgehead atoms. The van der Waals surface area contributed by atoms with Gasteiger partial charge in [-0.05, 0) is 32.1 Å². The summed E-state index contributed by atoms with van der Waals surface area (Å²) in [5, 5.41) is 0. The van der Waals surface area contributed by atoms with Crippen molar-refractivity contribution < 1.29 is 32.2 Å². The Morgan fingerprint density at radius 1 is 0.871 bits per heavy atom. The Kier molecular flexibility index (Phi) is 19.3. The second-order valence-electron chi connectivity index (χ2n) is 7.70. The number of hydrogen-bond donors (Lipinski definition) is 0. The first kappa shape index (κ1) is 30.2. The van der Waals surface area contributed by atoms with E-state index in [-0.39, 0.29) is 17.5 Å². The number of carbonyl (C=O) groups excluding carboxylic acids is 2. The predicted molar refractivity (Wildman–Crippen MR) is 125 cm³/mol. The molecule has 0 aromatic carbocycles. The fourth-order valence-electron chi connectivity index (χ4n) is 2.93. The highest BCUT2D eigenvalue weighted by Crippen LogP contribution is 2.18. The Labute approximate surface area is 198 Å². The van der Waals surface area contributed by atoms with Crippen LogP contribution in [0.4, 0.5) is 13.2 Å². The fourth-order valence-corrected chi connectivity index (χ4v) is 3.36. The van der Waals surface area contributed by atoms with E-state index in [0.29, 0.717) is 6.42 Å². The van der Waals surface area contributed by atoms with Crippen molar-refractivity contribution in [3.63, 3.8) is 0 Å². The van der Waals surface area contributed by atoms with Crippen LogP contribution < -0.4 is 0 Å². The zero-order valence-corrected chi connectivity index (χ0v) is 20.8. The molecule has 0 rings (SSSR count). The van der Waals surface area contributed by atoms with Crippen LogP contribution in [-0.2, 0) is 19.1 Å². The van der Waals surface area contributed by atoms with E-state index in [2.05, 4.69) is 23.8 Å². The summed E-state index contributed by atoms with van der Waals surface area (Å²) >= 11 is 1.78. The average molecular weight is 562 g/mol. The second kappa shape index (κ2) is 19.9. The SMILES string of the molecule is CCCCCCCC/C=C\CCCCCCCC(=O)OC[C@H](CI)OC(=O)C(F)(F)F. The molecule has 0 aromatic rings. The van der Waals surface area contributed by atoms with E-state index in [4.69, 9.17) is 4.74 Å². The van der Waals surface area contributed by atoms with Crippen LogP contribution in [0.2, 0.25) is 0 Å². The van der Waals surface area contributed by atoms with Gasteiger partial charge in [-0.15, -0.1) is 0 Å². The predicted octanol–water partition coefficient (Wildman–Crippen LogP) is 7.48. The largest absolute Gasteiger partial charge is 0.490 e. The van der Waals surface area contributed by atoms with Gasteiger partial charge < -0.3 is 9.47 Å². The summed E-state index contributed by atoms with van der Waals surface area (Å²) in [5.74, 6) is -2.74. The van der Waals surface area contributed by atoms with Crippen LogP contribution in [0.25, 0.3) is 0 Å². The van der Waals surface area contributed by atoms with E-state index in [1.165, 1.54) is 44.9 Å². The molecule has 0 N–H and O–H groups in total. The molecular formula is C23H38F3IO4. The molecule has 0 aliphatic rings. The zero-order valence-electron chi connectivity index (χ0n) is 18.7. The number of carbonyl (C=O) groups is 2. The number of hydrogen-bond acceptors (Lipinski definition) is 4. The molecule has 1 atom stereocenters. The molecule has 0 radical (unpaired) electrons. The molecule has 0 fully saturated rings. The van der Waals surface area contributed by atoms with Crippen molar-refractivity contribution in [3.8, 4) is 0 Å². The highest BCUT2D eigenvalue weighted by atomic mass is 127. The van der Waals surface area contributed by atoms with Gasteiger partial charge in [-0.1, -0.05) is 93.0 Å². The molecule has 0 aromatic heterocycles. The maximum Gasteiger partial charge on any atom is 0.490 e. The van der Waals surface area contributed by atoms with Gasteiger partial charge in [0.1, 0.15) is 12.7 Å². The number of rotatable bonds is 19. The number of esters is 2. The minimum Gasteiger partial charge on any atom is -0.462 e. The lowest BCUT2D eigenvalue weighted by Gasteiger charge is -2.16. The van der Waals surface area contributed by atoms with Crippen LogP contribution in [0.15, 0.2) is 12.2 Å². The Morgan fingerprint density at radius 2 is 1.39 bits per heavy atom. The van der Waals surface area contributed by atoms with Crippen molar-refractivity contribution >= 4 is 34.5 Å². The maximum atomic E-state index is 12.2. The molecule has 0 unspecified atom stereocenters. The molecule has 8 heteroatoms. The zero-order chi connectivity index (χ0) is 23.4. The summed E-state index contributed by atoms with van der Waals surface area (Å²) in [6.07, 6.45) is 13.7. The minimum absolute atomic E-state index is 0.111. The first-order valence-corrected chi connectivity index (χ1v) is 13.0. The smallest absolute Gasteiger partial charge is 0.462 e. The summed E-state index contributed by atoms with van der Waals surface area (Å²) in [6.45, 7) is 1.88. The number of allylic oxidation sites excluding steroid dienone is 2. The standard InChI is InChI=1S/C23H38F3IO4/c1-2-3-4-5-6-7-8-9-10-11-12-13-14-15-16-17-21(28)30-19-20(18-27)31-22(29)23(24,25)26/h9-10,20H,2-8,11-19H2,1H3/b10-9-/t20-/m0/s1. The third kappa shape index (κ3) is 19.6. The number of unbranched alkanes of at least 4 members (excludes halogenated alkanes) is 11. The Balaban J connectivity index is 3.57. The average Bonchev–Trinajstić information content (AvgIpc) is 2.72.